The van der Waals surface area contributed by atoms with Crippen molar-refractivity contribution < 1.29 is 4.79 Å². The molecule has 1 saturated carbocycles. The number of benzene rings is 1. The van der Waals surface area contributed by atoms with Gasteiger partial charge >= 0.3 is 0 Å². The average Bonchev–Trinajstić information content (AvgIpc) is 2.92. The highest BCUT2D eigenvalue weighted by atomic mass is 35.5. The fraction of sp³-hybridized carbons (Fsp3) is 0.333. The molecular weight excluding hydrogens is 295 g/mol. The quantitative estimate of drug-likeness (QED) is 0.679. The number of nitrogens with zero attached hydrogens (tertiary/aromatic N) is 1. The van der Waals surface area contributed by atoms with Gasteiger partial charge in [-0.2, -0.15) is 5.26 Å². The molecule has 0 unspecified atom stereocenters. The number of nitrogens with one attached hydrogen (secondary N) is 1. The molecule has 20 heavy (non-hydrogen) atoms. The maximum absolute atomic E-state index is 12.0. The number of rotatable bonds is 3. The number of hydrogen-bond acceptors (Lipinski definition) is 2. The van der Waals surface area contributed by atoms with Gasteiger partial charge in [-0.3, -0.25) is 4.79 Å². The molecule has 1 aliphatic carbocycles. The SMILES string of the molecule is N#C/C(=C/c1ccc(Cl)c(Cl)c1)C(=O)NC1CCCC1. The highest BCUT2D eigenvalue weighted by Crippen LogP contribution is 2.24. The van der Waals surface area contributed by atoms with Gasteiger partial charge in [0.15, 0.2) is 0 Å². The summed E-state index contributed by atoms with van der Waals surface area (Å²) in [5.74, 6) is -0.328. The van der Waals surface area contributed by atoms with Crippen LogP contribution in [0.1, 0.15) is 31.2 Å². The van der Waals surface area contributed by atoms with Gasteiger partial charge in [0.1, 0.15) is 11.6 Å². The molecule has 0 spiro atoms. The number of nitriles is 1. The standard InChI is InChI=1S/C15H14Cl2N2O/c16-13-6-5-10(8-14(13)17)7-11(9-18)15(20)19-12-3-1-2-4-12/h5-8,12H,1-4H2,(H,19,20)/b11-7-. The molecule has 1 aromatic carbocycles. The highest BCUT2D eigenvalue weighted by molar-refractivity contribution is 6.42. The zero-order valence-electron chi connectivity index (χ0n) is 10.8. The van der Waals surface area contributed by atoms with Crippen LogP contribution in [-0.4, -0.2) is 11.9 Å². The maximum atomic E-state index is 12.0. The number of halogens is 2. The second-order valence-electron chi connectivity index (χ2n) is 4.80. The van der Waals surface area contributed by atoms with Crippen LogP contribution in [0.25, 0.3) is 6.08 Å². The lowest BCUT2D eigenvalue weighted by atomic mass is 10.1. The molecule has 1 aliphatic rings. The smallest absolute Gasteiger partial charge is 0.262 e. The Morgan fingerprint density at radius 1 is 1.30 bits per heavy atom. The first-order valence-electron chi connectivity index (χ1n) is 6.48. The molecule has 1 N–H and O–H groups in total. The number of carbonyl (C=O) groups excluding carboxylic acids is 1. The zero-order chi connectivity index (χ0) is 14.5. The van der Waals surface area contributed by atoms with Gasteiger partial charge in [0.25, 0.3) is 5.91 Å². The van der Waals surface area contributed by atoms with E-state index in [4.69, 9.17) is 28.5 Å². The van der Waals surface area contributed by atoms with E-state index < -0.39 is 0 Å². The van der Waals surface area contributed by atoms with Crippen molar-refractivity contribution in [3.63, 3.8) is 0 Å². The van der Waals surface area contributed by atoms with Gasteiger partial charge in [0.05, 0.1) is 10.0 Å². The molecule has 0 atom stereocenters. The highest BCUT2D eigenvalue weighted by Gasteiger charge is 2.19. The molecule has 2 rings (SSSR count). The summed E-state index contributed by atoms with van der Waals surface area (Å²) >= 11 is 11.7. The number of hydrogen-bond donors (Lipinski definition) is 1. The van der Waals surface area contributed by atoms with Crippen LogP contribution < -0.4 is 5.32 Å². The van der Waals surface area contributed by atoms with Gasteiger partial charge in [-0.1, -0.05) is 42.1 Å². The maximum Gasteiger partial charge on any atom is 0.262 e. The van der Waals surface area contributed by atoms with Crippen LogP contribution in [0.3, 0.4) is 0 Å². The van der Waals surface area contributed by atoms with Crippen LogP contribution in [-0.2, 0) is 4.79 Å². The molecule has 104 valence electrons. The first-order valence-corrected chi connectivity index (χ1v) is 7.23. The molecule has 0 radical (unpaired) electrons. The third-order valence-corrected chi connectivity index (χ3v) is 4.05. The molecule has 0 aliphatic heterocycles. The minimum atomic E-state index is -0.328. The predicted molar refractivity (Wildman–Crippen MR) is 80.5 cm³/mol. The summed E-state index contributed by atoms with van der Waals surface area (Å²) in [5, 5.41) is 12.8. The predicted octanol–water partition coefficient (Wildman–Crippen LogP) is 3.96. The minimum absolute atomic E-state index is 0.0790. The number of carbonyl (C=O) groups is 1. The molecule has 1 fully saturated rings. The molecule has 0 heterocycles. The van der Waals surface area contributed by atoms with Crippen molar-refractivity contribution in [3.8, 4) is 6.07 Å². The lowest BCUT2D eigenvalue weighted by molar-refractivity contribution is -0.117. The van der Waals surface area contributed by atoms with Crippen molar-refractivity contribution >= 4 is 35.2 Å². The van der Waals surface area contributed by atoms with Gasteiger partial charge in [-0.05, 0) is 36.6 Å². The third-order valence-electron chi connectivity index (χ3n) is 3.31. The number of amides is 1. The molecular formula is C15H14Cl2N2O. The topological polar surface area (TPSA) is 52.9 Å². The normalized spacial score (nSPS) is 15.9. The van der Waals surface area contributed by atoms with Crippen molar-refractivity contribution in [3.05, 3.63) is 39.4 Å². The van der Waals surface area contributed by atoms with Crippen LogP contribution >= 0.6 is 23.2 Å². The summed E-state index contributed by atoms with van der Waals surface area (Å²) in [6.45, 7) is 0. The van der Waals surface area contributed by atoms with Crippen molar-refractivity contribution in [1.82, 2.24) is 5.32 Å². The monoisotopic (exact) mass is 308 g/mol. The van der Waals surface area contributed by atoms with E-state index in [1.54, 1.807) is 18.2 Å². The first kappa shape index (κ1) is 14.9. The van der Waals surface area contributed by atoms with Gasteiger partial charge < -0.3 is 5.32 Å². The minimum Gasteiger partial charge on any atom is -0.349 e. The summed E-state index contributed by atoms with van der Waals surface area (Å²) in [5.41, 5.74) is 0.757. The lowest BCUT2D eigenvalue weighted by Gasteiger charge is -2.11. The second-order valence-corrected chi connectivity index (χ2v) is 5.61. The van der Waals surface area contributed by atoms with Gasteiger partial charge in [0, 0.05) is 6.04 Å². The van der Waals surface area contributed by atoms with Gasteiger partial charge in [0.2, 0.25) is 0 Å². The summed E-state index contributed by atoms with van der Waals surface area (Å²) in [6, 6.07) is 7.10. The lowest BCUT2D eigenvalue weighted by Crippen LogP contribution is -2.33. The zero-order valence-corrected chi connectivity index (χ0v) is 12.3. The van der Waals surface area contributed by atoms with E-state index in [-0.39, 0.29) is 17.5 Å². The Bertz CT molecular complexity index is 584. The summed E-state index contributed by atoms with van der Waals surface area (Å²) in [4.78, 5) is 12.0. The Hall–Kier alpha value is -1.50. The molecule has 0 aromatic heterocycles. The van der Waals surface area contributed by atoms with Crippen LogP contribution in [0, 0.1) is 11.3 Å². The summed E-state index contributed by atoms with van der Waals surface area (Å²) < 4.78 is 0. The van der Waals surface area contributed by atoms with Gasteiger partial charge in [-0.25, -0.2) is 0 Å². The Morgan fingerprint density at radius 3 is 2.60 bits per heavy atom. The molecule has 0 bridgehead atoms. The largest absolute Gasteiger partial charge is 0.349 e. The van der Waals surface area contributed by atoms with E-state index in [9.17, 15) is 4.79 Å². The Morgan fingerprint density at radius 2 is 2.00 bits per heavy atom. The van der Waals surface area contributed by atoms with E-state index in [1.807, 2.05) is 6.07 Å². The van der Waals surface area contributed by atoms with Crippen LogP contribution in [0.4, 0.5) is 0 Å². The van der Waals surface area contributed by atoms with Crippen LogP contribution in [0.5, 0.6) is 0 Å². The fourth-order valence-electron chi connectivity index (χ4n) is 2.25. The third kappa shape index (κ3) is 3.75. The van der Waals surface area contributed by atoms with E-state index in [0.29, 0.717) is 15.6 Å². The summed E-state index contributed by atoms with van der Waals surface area (Å²) in [7, 11) is 0. The Labute approximate surface area is 128 Å². The van der Waals surface area contributed by atoms with E-state index in [2.05, 4.69) is 5.32 Å². The van der Waals surface area contributed by atoms with E-state index in [0.717, 1.165) is 25.7 Å². The van der Waals surface area contributed by atoms with Crippen molar-refractivity contribution in [2.45, 2.75) is 31.7 Å². The van der Waals surface area contributed by atoms with E-state index >= 15 is 0 Å². The molecule has 1 aromatic rings. The van der Waals surface area contributed by atoms with Crippen molar-refractivity contribution in [2.24, 2.45) is 0 Å². The summed E-state index contributed by atoms with van der Waals surface area (Å²) in [6.07, 6.45) is 5.74. The molecule has 5 heteroatoms. The Balaban J connectivity index is 2.13. The Kier molecular flexibility index (Phi) is 5.05. The fourth-order valence-corrected chi connectivity index (χ4v) is 2.56. The molecule has 1 amide bonds. The average molecular weight is 309 g/mol. The van der Waals surface area contributed by atoms with Crippen molar-refractivity contribution in [1.29, 1.82) is 5.26 Å². The van der Waals surface area contributed by atoms with Crippen molar-refractivity contribution in [2.75, 3.05) is 0 Å². The second kappa shape index (κ2) is 6.78. The molecule has 0 saturated heterocycles. The van der Waals surface area contributed by atoms with Crippen LogP contribution in [0.2, 0.25) is 10.0 Å². The van der Waals surface area contributed by atoms with Crippen LogP contribution in [0.15, 0.2) is 23.8 Å². The first-order chi connectivity index (χ1) is 9.60. The van der Waals surface area contributed by atoms with E-state index in [1.165, 1.54) is 6.08 Å². The van der Waals surface area contributed by atoms with Gasteiger partial charge in [-0.15, -0.1) is 0 Å². The molecule has 3 nitrogen and oxygen atoms in total.